The number of amidine groups is 1. The third-order valence-electron chi connectivity index (χ3n) is 4.31. The molecular weight excluding hydrogens is 474 g/mol. The zero-order valence-corrected chi connectivity index (χ0v) is 18.9. The number of nitrogens with one attached hydrogen (secondary N) is 1. The van der Waals surface area contributed by atoms with Gasteiger partial charge in [0.1, 0.15) is 0 Å². The van der Waals surface area contributed by atoms with Crippen LogP contribution in [0.2, 0.25) is 5.02 Å². The number of aliphatic imine (C=N–C) groups is 2. The molecule has 9 nitrogen and oxygen atoms in total. The van der Waals surface area contributed by atoms with E-state index in [1.54, 1.807) is 31.2 Å². The largest absolute Gasteiger partial charge is 0.325 e. The molecule has 32 heavy (non-hydrogen) atoms. The molecule has 0 radical (unpaired) electrons. The van der Waals surface area contributed by atoms with E-state index in [-0.39, 0.29) is 15.8 Å². The smallest absolute Gasteiger partial charge is 0.271 e. The van der Waals surface area contributed by atoms with Gasteiger partial charge in [0.2, 0.25) is 15.9 Å². The Labute approximate surface area is 193 Å². The van der Waals surface area contributed by atoms with E-state index in [1.165, 1.54) is 24.3 Å². The maximum absolute atomic E-state index is 12.5. The number of nitrogens with two attached hydrogens (primary N) is 1. The molecule has 1 aliphatic heterocycles. The molecule has 0 aliphatic carbocycles. The molecule has 164 valence electrons. The molecule has 2 amide bonds. The van der Waals surface area contributed by atoms with Crippen molar-refractivity contribution in [3.05, 3.63) is 59.1 Å². The van der Waals surface area contributed by atoms with Crippen LogP contribution >= 0.6 is 23.4 Å². The van der Waals surface area contributed by atoms with Crippen molar-refractivity contribution < 1.29 is 18.0 Å². The van der Waals surface area contributed by atoms with Gasteiger partial charge in [-0.2, -0.15) is 10.3 Å². The highest BCUT2D eigenvalue weighted by molar-refractivity contribution is 8.15. The van der Waals surface area contributed by atoms with Crippen LogP contribution < -0.4 is 10.5 Å². The fraction of sp³-hybridized carbons (Fsp3) is 0.150. The lowest BCUT2D eigenvalue weighted by atomic mass is 9.96. The van der Waals surface area contributed by atoms with E-state index < -0.39 is 33.0 Å². The van der Waals surface area contributed by atoms with Crippen molar-refractivity contribution in [2.45, 2.75) is 17.1 Å². The Bertz CT molecular complexity index is 1270. The molecule has 0 saturated heterocycles. The Morgan fingerprint density at radius 3 is 2.38 bits per heavy atom. The Morgan fingerprint density at radius 1 is 1.19 bits per heavy atom. The van der Waals surface area contributed by atoms with E-state index in [4.69, 9.17) is 16.7 Å². The van der Waals surface area contributed by atoms with E-state index in [9.17, 15) is 23.3 Å². The molecule has 2 atom stereocenters. The molecule has 0 aromatic heterocycles. The summed E-state index contributed by atoms with van der Waals surface area (Å²) in [6.07, 6.45) is 0. The van der Waals surface area contributed by atoms with Gasteiger partial charge in [-0.1, -0.05) is 35.5 Å². The van der Waals surface area contributed by atoms with Crippen molar-refractivity contribution in [1.82, 2.24) is 0 Å². The van der Waals surface area contributed by atoms with Crippen molar-refractivity contribution in [2.24, 2.45) is 21.0 Å². The van der Waals surface area contributed by atoms with Crippen LogP contribution in [0.25, 0.3) is 0 Å². The zero-order valence-electron chi connectivity index (χ0n) is 16.5. The van der Waals surface area contributed by atoms with Crippen molar-refractivity contribution in [3.8, 4) is 6.07 Å². The molecule has 2 aromatic carbocycles. The highest BCUT2D eigenvalue weighted by atomic mass is 35.5. The van der Waals surface area contributed by atoms with Crippen LogP contribution in [0, 0.1) is 17.2 Å². The van der Waals surface area contributed by atoms with Gasteiger partial charge < -0.3 is 5.32 Å². The number of thioether (sulfide) groups is 1. The number of benzene rings is 2. The van der Waals surface area contributed by atoms with Crippen LogP contribution in [0.3, 0.4) is 0 Å². The number of rotatable bonds is 5. The maximum atomic E-state index is 12.5. The molecule has 0 fully saturated rings. The molecule has 0 bridgehead atoms. The van der Waals surface area contributed by atoms with Crippen LogP contribution in [0.4, 0.5) is 5.69 Å². The molecule has 1 heterocycles. The summed E-state index contributed by atoms with van der Waals surface area (Å²) in [5, 5.41) is 16.9. The number of carbonyl (C=O) groups excluding carboxylic acids is 2. The molecule has 2 unspecified atom stereocenters. The van der Waals surface area contributed by atoms with Crippen molar-refractivity contribution in [1.29, 1.82) is 5.26 Å². The van der Waals surface area contributed by atoms with E-state index in [0.717, 1.165) is 11.8 Å². The first kappa shape index (κ1) is 23.6. The molecule has 12 heteroatoms. The number of amides is 2. The summed E-state index contributed by atoms with van der Waals surface area (Å²) in [6, 6.07) is 13.8. The number of nitriles is 1. The van der Waals surface area contributed by atoms with Gasteiger partial charge >= 0.3 is 0 Å². The normalized spacial score (nSPS) is 17.1. The highest BCUT2D eigenvalue weighted by Gasteiger charge is 2.31. The van der Waals surface area contributed by atoms with Gasteiger partial charge in [0.15, 0.2) is 11.1 Å². The van der Waals surface area contributed by atoms with Gasteiger partial charge in [-0.05, 0) is 48.9 Å². The fourth-order valence-corrected chi connectivity index (χ4v) is 4.09. The average Bonchev–Trinajstić information content (AvgIpc) is 2.73. The van der Waals surface area contributed by atoms with Gasteiger partial charge in [0, 0.05) is 10.7 Å². The van der Waals surface area contributed by atoms with E-state index in [1.807, 2.05) is 6.07 Å². The highest BCUT2D eigenvalue weighted by Crippen LogP contribution is 2.24. The van der Waals surface area contributed by atoms with Crippen LogP contribution in [0.15, 0.2) is 63.4 Å². The van der Waals surface area contributed by atoms with Gasteiger partial charge in [-0.15, -0.1) is 0 Å². The standard InChI is InChI=1S/C20H16ClN5O4S2/c1-11(18(27)24-14-6-8-15(9-7-14)32(23,29)30)31-20-25-17(16(10-22)19(28)26-20)12-2-4-13(21)5-3-12/h2-9,11,16H,1H3,(H,24,27)(H2,23,29,30). The minimum Gasteiger partial charge on any atom is -0.325 e. The second-order valence-corrected chi connectivity index (χ2v) is 9.92. The first-order valence-electron chi connectivity index (χ1n) is 9.05. The van der Waals surface area contributed by atoms with Crippen molar-refractivity contribution >= 4 is 61.8 Å². The third-order valence-corrected chi connectivity index (χ3v) is 6.46. The number of anilines is 1. The van der Waals surface area contributed by atoms with Crippen molar-refractivity contribution in [2.75, 3.05) is 5.32 Å². The SMILES string of the molecule is CC(SC1=NC(=O)C(C#N)C(c2ccc(Cl)cc2)=N1)C(=O)Nc1ccc(S(N)(=O)=O)cc1. The molecule has 0 saturated carbocycles. The zero-order chi connectivity index (χ0) is 23.5. The van der Waals surface area contributed by atoms with E-state index >= 15 is 0 Å². The lowest BCUT2D eigenvalue weighted by Gasteiger charge is -2.17. The van der Waals surface area contributed by atoms with Gasteiger partial charge in [0.25, 0.3) is 5.91 Å². The molecule has 1 aliphatic rings. The lowest BCUT2D eigenvalue weighted by Crippen LogP contribution is -2.29. The molecule has 2 aromatic rings. The third kappa shape index (κ3) is 5.60. The van der Waals surface area contributed by atoms with Gasteiger partial charge in [-0.3, -0.25) is 9.59 Å². The Balaban J connectivity index is 1.75. The molecular formula is C20H16ClN5O4S2. The predicted molar refractivity (Wildman–Crippen MR) is 123 cm³/mol. The summed E-state index contributed by atoms with van der Waals surface area (Å²) in [5.41, 5.74) is 1.15. The van der Waals surface area contributed by atoms with E-state index in [2.05, 4.69) is 15.3 Å². The number of hydrogen-bond donors (Lipinski definition) is 2. The summed E-state index contributed by atoms with van der Waals surface area (Å²) >= 11 is 6.85. The first-order chi connectivity index (χ1) is 15.1. The Hall–Kier alpha value is -3.04. The second-order valence-electron chi connectivity index (χ2n) is 6.62. The number of primary sulfonamides is 1. The Morgan fingerprint density at radius 2 is 1.81 bits per heavy atom. The fourth-order valence-electron chi connectivity index (χ4n) is 2.67. The predicted octanol–water partition coefficient (Wildman–Crippen LogP) is 2.57. The molecule has 0 spiro atoms. The Kier molecular flexibility index (Phi) is 7.10. The topological polar surface area (TPSA) is 155 Å². The van der Waals surface area contributed by atoms with Crippen LogP contribution in [-0.4, -0.2) is 36.4 Å². The van der Waals surface area contributed by atoms with Gasteiger partial charge in [-0.25, -0.2) is 18.5 Å². The number of nitrogens with zero attached hydrogens (tertiary/aromatic N) is 3. The monoisotopic (exact) mass is 489 g/mol. The summed E-state index contributed by atoms with van der Waals surface area (Å²) in [6.45, 7) is 1.60. The number of sulfonamides is 1. The molecule has 3 rings (SSSR count). The maximum Gasteiger partial charge on any atom is 0.271 e. The number of halogens is 1. The van der Waals surface area contributed by atoms with Crippen molar-refractivity contribution in [3.63, 3.8) is 0 Å². The minimum absolute atomic E-state index is 0.0543. The summed E-state index contributed by atoms with van der Waals surface area (Å²) in [7, 11) is -3.84. The van der Waals surface area contributed by atoms with Crippen LogP contribution in [-0.2, 0) is 19.6 Å². The minimum atomic E-state index is -3.84. The quantitative estimate of drug-likeness (QED) is 0.657. The summed E-state index contributed by atoms with van der Waals surface area (Å²) < 4.78 is 22.6. The number of carbonyl (C=O) groups is 2. The van der Waals surface area contributed by atoms with E-state index in [0.29, 0.717) is 16.3 Å². The van der Waals surface area contributed by atoms with Crippen LogP contribution in [0.5, 0.6) is 0 Å². The first-order valence-corrected chi connectivity index (χ1v) is 11.9. The van der Waals surface area contributed by atoms with Gasteiger partial charge in [0.05, 0.1) is 21.9 Å². The lowest BCUT2D eigenvalue weighted by molar-refractivity contribution is -0.118. The second kappa shape index (κ2) is 9.62. The number of hydrogen-bond acceptors (Lipinski definition) is 7. The average molecular weight is 490 g/mol. The molecule has 3 N–H and O–H groups in total. The summed E-state index contributed by atoms with van der Waals surface area (Å²) in [4.78, 5) is 33.0. The summed E-state index contributed by atoms with van der Waals surface area (Å²) in [5.74, 6) is -2.23. The van der Waals surface area contributed by atoms with Crippen LogP contribution in [0.1, 0.15) is 12.5 Å².